The number of aliphatic hydroxyl groups is 5. The van der Waals surface area contributed by atoms with E-state index in [-0.39, 0.29) is 42.6 Å². The maximum atomic E-state index is 12.5. The summed E-state index contributed by atoms with van der Waals surface area (Å²) < 4.78 is 6.00. The quantitative estimate of drug-likeness (QED) is 0.0224. The van der Waals surface area contributed by atoms with Crippen LogP contribution in [0.5, 0.6) is 0 Å². The molecule has 0 aromatic heterocycles. The van der Waals surface area contributed by atoms with Crippen LogP contribution < -0.4 is 0 Å². The lowest BCUT2D eigenvalue weighted by atomic mass is 10.0. The second-order valence-electron chi connectivity index (χ2n) is 39.9. The van der Waals surface area contributed by atoms with E-state index in [0.29, 0.717) is 39.1 Å². The third-order valence-electron chi connectivity index (χ3n) is 26.7. The van der Waals surface area contributed by atoms with Crippen molar-refractivity contribution in [1.29, 1.82) is 0 Å². The van der Waals surface area contributed by atoms with Crippen LogP contribution in [0.3, 0.4) is 0 Å². The van der Waals surface area contributed by atoms with Gasteiger partial charge in [0, 0.05) is 105 Å². The lowest BCUT2D eigenvalue weighted by Gasteiger charge is -2.37. The van der Waals surface area contributed by atoms with E-state index in [1.807, 2.05) is 0 Å². The van der Waals surface area contributed by atoms with Crippen LogP contribution in [0.2, 0.25) is 0 Å². The predicted octanol–water partition coefficient (Wildman–Crippen LogP) is 29.6. The Bertz CT molecular complexity index is 2140. The highest BCUT2D eigenvalue weighted by molar-refractivity contribution is 5.69. The zero-order valence-electron chi connectivity index (χ0n) is 86.3. The molecule has 0 aliphatic carbocycles. The third-order valence-corrected chi connectivity index (χ3v) is 26.7. The molecule has 0 aromatic rings. The number of carbonyl (C=O) groups excluding carboxylic acids is 1. The molecule has 1 saturated heterocycles. The summed E-state index contributed by atoms with van der Waals surface area (Å²) in [7, 11) is 4.12. The van der Waals surface area contributed by atoms with E-state index in [2.05, 4.69) is 141 Å². The minimum atomic E-state index is -0.385. The number of esters is 1. The summed E-state index contributed by atoms with van der Waals surface area (Å²) in [6.07, 6.45) is 106. The third kappa shape index (κ3) is 92.4. The molecule has 0 spiro atoms. The first kappa shape index (κ1) is 124. The molecular formula is C113H224N6O7. The topological polar surface area (TPSA) is 147 Å². The van der Waals surface area contributed by atoms with E-state index in [0.717, 1.165) is 168 Å². The van der Waals surface area contributed by atoms with Gasteiger partial charge in [-0.05, 0) is 149 Å². The molecule has 1 fully saturated rings. The minimum absolute atomic E-state index is 0.00641. The molecule has 0 bridgehead atoms. The Kier molecular flexibility index (Phi) is 98.8. The summed E-state index contributed by atoms with van der Waals surface area (Å²) in [4.78, 5) is 27.1. The Morgan fingerprint density at radius 2 is 0.476 bits per heavy atom. The Morgan fingerprint density at radius 3 is 0.754 bits per heavy atom. The van der Waals surface area contributed by atoms with Gasteiger partial charge in [-0.2, -0.15) is 0 Å². The van der Waals surface area contributed by atoms with Gasteiger partial charge in [-0.15, -0.1) is 0 Å². The first-order valence-corrected chi connectivity index (χ1v) is 56.2. The van der Waals surface area contributed by atoms with Gasteiger partial charge in [-0.1, -0.05) is 431 Å². The number of aliphatic hydroxyl groups excluding tert-OH is 5. The van der Waals surface area contributed by atoms with Crippen molar-refractivity contribution < 1.29 is 35.1 Å². The highest BCUT2D eigenvalue weighted by Crippen LogP contribution is 2.23. The van der Waals surface area contributed by atoms with Gasteiger partial charge in [-0.25, -0.2) is 0 Å². The number of hydrogen-bond donors (Lipinski definition) is 5. The second kappa shape index (κ2) is 100. The molecular weight excluding hydrogens is 1550 g/mol. The van der Waals surface area contributed by atoms with Crippen molar-refractivity contribution in [3.8, 4) is 0 Å². The average Bonchev–Trinajstić information content (AvgIpc) is 0.888. The van der Waals surface area contributed by atoms with Crippen molar-refractivity contribution in [2.75, 3.05) is 119 Å². The maximum absolute atomic E-state index is 12.5. The number of nitrogens with zero attached hydrogens (tertiary/aromatic N) is 6. The highest BCUT2D eigenvalue weighted by Gasteiger charge is 2.24. The smallest absolute Gasteiger partial charge is 0.306 e. The number of carbonyl (C=O) groups is 1. The molecule has 748 valence electrons. The van der Waals surface area contributed by atoms with Crippen molar-refractivity contribution in [3.63, 3.8) is 0 Å². The second-order valence-corrected chi connectivity index (χ2v) is 39.9. The van der Waals surface area contributed by atoms with E-state index >= 15 is 0 Å². The molecule has 5 atom stereocenters. The average molecular weight is 1780 g/mol. The molecule has 5 unspecified atom stereocenters. The maximum Gasteiger partial charge on any atom is 0.306 e. The van der Waals surface area contributed by atoms with E-state index in [9.17, 15) is 30.3 Å². The van der Waals surface area contributed by atoms with Crippen LogP contribution in [-0.2, 0) is 9.53 Å². The van der Waals surface area contributed by atoms with Crippen LogP contribution in [-0.4, -0.2) is 216 Å². The largest absolute Gasteiger partial charge is 0.462 e. The zero-order chi connectivity index (χ0) is 91.8. The summed E-state index contributed by atoms with van der Waals surface area (Å²) >= 11 is 0. The van der Waals surface area contributed by atoms with Gasteiger partial charge in [0.2, 0.25) is 0 Å². The van der Waals surface area contributed by atoms with Crippen molar-refractivity contribution >= 4 is 5.97 Å². The van der Waals surface area contributed by atoms with Crippen LogP contribution in [0, 0.1) is 0 Å². The molecule has 13 nitrogen and oxygen atoms in total. The van der Waals surface area contributed by atoms with Crippen LogP contribution in [0.1, 0.15) is 517 Å². The fraction of sp³-hybridized carbons (Fsp3) is 0.920. The van der Waals surface area contributed by atoms with E-state index in [1.54, 1.807) is 0 Å². The number of allylic oxidation sites excluding steroid dienone is 8. The number of piperazine rings is 1. The number of ether oxygens (including phenoxy) is 1. The van der Waals surface area contributed by atoms with Gasteiger partial charge in [0.05, 0.1) is 30.5 Å². The summed E-state index contributed by atoms with van der Waals surface area (Å²) in [6, 6.07) is 0. The van der Waals surface area contributed by atoms with Crippen molar-refractivity contribution in [1.82, 2.24) is 29.4 Å². The Hall–Kier alpha value is -2.01. The van der Waals surface area contributed by atoms with Gasteiger partial charge in [0.25, 0.3) is 0 Å². The molecule has 0 amide bonds. The standard InChI is InChI=1S/C70H145N5O5.C43H79NO2/c1-6-11-16-21-26-31-36-41-46-66(76)61-73(58-60-75(64-69(79)49-44-39-34-29-24-19-14-9-4)65-70(80)50-45-40-35-30-25-20-15-10-5)57-55-71-51-53-72(54-52-71)56-59-74(62-67(77)47-42-37-32-27-22-17-12-7-2)63-68(78)48-43-38-33-28-23-18-13-8-3;1-5-7-9-11-13-15-17-19-21-23-25-27-29-31-33-35-38-42(46-43(45)40-37-41-44(3)4)39-36-34-32-30-28-26-24-22-20-18-16-14-12-10-8-6-2/h66-70,76-80H,6-65H2,1-5H3;13-16,19-22,42H,5-12,17-18,23-41H2,1-4H3/b;15-13-,16-14-,21-19-,22-20-. The predicted molar refractivity (Wildman–Crippen MR) is 554 cm³/mol. The van der Waals surface area contributed by atoms with Crippen molar-refractivity contribution in [3.05, 3.63) is 48.6 Å². The minimum Gasteiger partial charge on any atom is -0.462 e. The highest BCUT2D eigenvalue weighted by atomic mass is 16.5. The molecule has 0 radical (unpaired) electrons. The molecule has 0 aromatic carbocycles. The van der Waals surface area contributed by atoms with Gasteiger partial charge in [0.1, 0.15) is 6.10 Å². The number of unbranched alkanes of at least 4 members (excludes halogenated alkanes) is 53. The van der Waals surface area contributed by atoms with Gasteiger partial charge < -0.3 is 35.2 Å². The Morgan fingerprint density at radius 1 is 0.262 bits per heavy atom. The molecule has 13 heteroatoms. The lowest BCUT2D eigenvalue weighted by molar-refractivity contribution is -0.150. The number of hydrogen-bond acceptors (Lipinski definition) is 13. The molecule has 126 heavy (non-hydrogen) atoms. The van der Waals surface area contributed by atoms with E-state index < -0.39 is 0 Å². The first-order chi connectivity index (χ1) is 61.7. The molecule has 5 N–H and O–H groups in total. The zero-order valence-corrected chi connectivity index (χ0v) is 86.3. The monoisotopic (exact) mass is 1780 g/mol. The summed E-state index contributed by atoms with van der Waals surface area (Å²) in [6.45, 7) is 29.5. The number of rotatable bonds is 99. The Balaban J connectivity index is 0.00000288. The molecule has 1 rings (SSSR count). The van der Waals surface area contributed by atoms with Gasteiger partial charge in [0.15, 0.2) is 0 Å². The summed E-state index contributed by atoms with van der Waals surface area (Å²) in [5.41, 5.74) is 0. The van der Waals surface area contributed by atoms with Crippen LogP contribution in [0.4, 0.5) is 0 Å². The van der Waals surface area contributed by atoms with Gasteiger partial charge in [-0.3, -0.25) is 29.3 Å². The van der Waals surface area contributed by atoms with E-state index in [1.165, 1.54) is 366 Å². The van der Waals surface area contributed by atoms with Crippen molar-refractivity contribution in [2.45, 2.75) is 554 Å². The Labute approximate surface area is 787 Å². The van der Waals surface area contributed by atoms with Crippen LogP contribution >= 0.6 is 0 Å². The SMILES string of the molecule is CCCCC/C=C\C/C=C\CCCCCCCCC(CCCCCCCC/C=C\C/C=C\CCCCC)OC(=O)CCCN(C)C.CCCCCCCCCCC(O)CN(CCN1CCN(CCN(CC(O)CCCCCCCCCC)CC(O)CCCCCCCCCC)CC1)CCN(CC(O)CCCCCCCCCC)CC(O)CCCCCCCCCC. The normalized spacial score (nSPS) is 14.5. The summed E-state index contributed by atoms with van der Waals surface area (Å²) in [5, 5.41) is 56.9. The van der Waals surface area contributed by atoms with Gasteiger partial charge >= 0.3 is 5.97 Å². The molecule has 1 heterocycles. The fourth-order valence-electron chi connectivity index (χ4n) is 18.2. The first-order valence-electron chi connectivity index (χ1n) is 56.2. The van der Waals surface area contributed by atoms with Crippen LogP contribution in [0.15, 0.2) is 48.6 Å². The molecule has 1 aliphatic rings. The molecule has 1 aliphatic heterocycles. The fourth-order valence-corrected chi connectivity index (χ4v) is 18.2. The van der Waals surface area contributed by atoms with E-state index in [4.69, 9.17) is 4.74 Å². The molecule has 0 saturated carbocycles. The lowest BCUT2D eigenvalue weighted by Crippen LogP contribution is -2.51. The van der Waals surface area contributed by atoms with Crippen molar-refractivity contribution in [2.24, 2.45) is 0 Å². The summed E-state index contributed by atoms with van der Waals surface area (Å²) in [5.74, 6) is 0.00641. The van der Waals surface area contributed by atoms with Crippen LogP contribution in [0.25, 0.3) is 0 Å².